The molecule has 0 unspecified atom stereocenters. The molecule has 4 nitrogen and oxygen atoms in total. The van der Waals surface area contributed by atoms with Crippen LogP contribution in [-0.2, 0) is 4.79 Å². The zero-order chi connectivity index (χ0) is 20.1. The van der Waals surface area contributed by atoms with Crippen molar-refractivity contribution in [2.75, 3.05) is 37.7 Å². The van der Waals surface area contributed by atoms with Gasteiger partial charge in [0.25, 0.3) is 0 Å². The Morgan fingerprint density at radius 1 is 1.07 bits per heavy atom. The number of ether oxygens (including phenoxy) is 1. The van der Waals surface area contributed by atoms with Gasteiger partial charge in [0.05, 0.1) is 11.6 Å². The van der Waals surface area contributed by atoms with E-state index in [1.807, 2.05) is 4.90 Å². The standard InChI is InChI=1S/C22H26Cl2N2O2/c1-16-5-3-6-20(17(16)2)25-10-12-26(13-11-25)22(27)7-4-14-28-21-9-8-18(23)15-19(21)24/h3,5-6,8-9,15H,4,7,10-14H2,1-2H3. The van der Waals surface area contributed by atoms with Gasteiger partial charge in [0.2, 0.25) is 5.91 Å². The number of carbonyl (C=O) groups is 1. The van der Waals surface area contributed by atoms with Crippen LogP contribution >= 0.6 is 23.2 Å². The molecular weight excluding hydrogens is 395 g/mol. The Morgan fingerprint density at radius 3 is 2.54 bits per heavy atom. The molecule has 1 heterocycles. The molecule has 0 N–H and O–H groups in total. The van der Waals surface area contributed by atoms with Gasteiger partial charge < -0.3 is 14.5 Å². The highest BCUT2D eigenvalue weighted by atomic mass is 35.5. The van der Waals surface area contributed by atoms with Gasteiger partial charge in [-0.2, -0.15) is 0 Å². The third kappa shape index (κ3) is 5.12. The predicted octanol–water partition coefficient (Wildman–Crippen LogP) is 5.12. The molecule has 2 aromatic rings. The number of hydrogen-bond donors (Lipinski definition) is 0. The van der Waals surface area contributed by atoms with E-state index < -0.39 is 0 Å². The molecule has 6 heteroatoms. The number of anilines is 1. The highest BCUT2D eigenvalue weighted by Gasteiger charge is 2.22. The minimum Gasteiger partial charge on any atom is -0.492 e. The Hall–Kier alpha value is -1.91. The number of amides is 1. The van der Waals surface area contributed by atoms with Crippen LogP contribution in [0.2, 0.25) is 10.0 Å². The topological polar surface area (TPSA) is 32.8 Å². The Labute approximate surface area is 177 Å². The smallest absolute Gasteiger partial charge is 0.222 e. The van der Waals surface area contributed by atoms with Crippen LogP contribution in [0.4, 0.5) is 5.69 Å². The average molecular weight is 421 g/mol. The maximum absolute atomic E-state index is 12.5. The number of rotatable bonds is 6. The van der Waals surface area contributed by atoms with Gasteiger partial charge in [0, 0.05) is 43.3 Å². The van der Waals surface area contributed by atoms with Crippen molar-refractivity contribution in [1.82, 2.24) is 4.90 Å². The fourth-order valence-electron chi connectivity index (χ4n) is 3.43. The normalized spacial score (nSPS) is 14.3. The Kier molecular flexibility index (Phi) is 7.08. The second kappa shape index (κ2) is 9.53. The highest BCUT2D eigenvalue weighted by Crippen LogP contribution is 2.28. The van der Waals surface area contributed by atoms with Crippen LogP contribution in [0.15, 0.2) is 36.4 Å². The molecule has 1 amide bonds. The van der Waals surface area contributed by atoms with Gasteiger partial charge in [0.15, 0.2) is 0 Å². The van der Waals surface area contributed by atoms with E-state index in [2.05, 4.69) is 36.9 Å². The SMILES string of the molecule is Cc1cccc(N2CCN(C(=O)CCCOc3ccc(Cl)cc3Cl)CC2)c1C. The molecule has 28 heavy (non-hydrogen) atoms. The zero-order valence-electron chi connectivity index (χ0n) is 16.4. The van der Waals surface area contributed by atoms with Crippen LogP contribution in [0.5, 0.6) is 5.75 Å². The average Bonchev–Trinajstić information content (AvgIpc) is 2.69. The number of aryl methyl sites for hydroxylation is 1. The lowest BCUT2D eigenvalue weighted by Gasteiger charge is -2.37. The number of halogens is 2. The van der Waals surface area contributed by atoms with Crippen molar-refractivity contribution >= 4 is 34.8 Å². The molecule has 0 aromatic heterocycles. The van der Waals surface area contributed by atoms with Gasteiger partial charge in [-0.05, 0) is 55.7 Å². The Balaban J connectivity index is 1.42. The van der Waals surface area contributed by atoms with Crippen molar-refractivity contribution in [2.45, 2.75) is 26.7 Å². The van der Waals surface area contributed by atoms with Crippen LogP contribution in [-0.4, -0.2) is 43.6 Å². The third-order valence-corrected chi connectivity index (χ3v) is 5.77. The summed E-state index contributed by atoms with van der Waals surface area (Å²) in [7, 11) is 0. The van der Waals surface area contributed by atoms with Crippen LogP contribution in [0.3, 0.4) is 0 Å². The molecule has 150 valence electrons. The summed E-state index contributed by atoms with van der Waals surface area (Å²) < 4.78 is 5.66. The van der Waals surface area contributed by atoms with Gasteiger partial charge >= 0.3 is 0 Å². The Morgan fingerprint density at radius 2 is 1.82 bits per heavy atom. The summed E-state index contributed by atoms with van der Waals surface area (Å²) in [6.45, 7) is 8.01. The molecule has 2 aromatic carbocycles. The van der Waals surface area contributed by atoms with Gasteiger partial charge in [-0.1, -0.05) is 35.3 Å². The van der Waals surface area contributed by atoms with E-state index in [9.17, 15) is 4.79 Å². The first-order valence-corrected chi connectivity index (χ1v) is 10.4. The molecular formula is C22H26Cl2N2O2. The van der Waals surface area contributed by atoms with Crippen LogP contribution in [0, 0.1) is 13.8 Å². The molecule has 0 radical (unpaired) electrons. The summed E-state index contributed by atoms with van der Waals surface area (Å²) in [4.78, 5) is 16.8. The van der Waals surface area contributed by atoms with Crippen molar-refractivity contribution < 1.29 is 9.53 Å². The molecule has 1 aliphatic heterocycles. The fourth-order valence-corrected chi connectivity index (χ4v) is 3.89. The van der Waals surface area contributed by atoms with Gasteiger partial charge in [-0.15, -0.1) is 0 Å². The van der Waals surface area contributed by atoms with Gasteiger partial charge in [0.1, 0.15) is 5.75 Å². The lowest BCUT2D eigenvalue weighted by atomic mass is 10.1. The fraction of sp³-hybridized carbons (Fsp3) is 0.409. The second-order valence-electron chi connectivity index (χ2n) is 7.11. The van der Waals surface area contributed by atoms with Crippen LogP contribution in [0.25, 0.3) is 0 Å². The van der Waals surface area contributed by atoms with E-state index in [1.165, 1.54) is 16.8 Å². The number of hydrogen-bond acceptors (Lipinski definition) is 3. The quantitative estimate of drug-likeness (QED) is 0.607. The molecule has 1 saturated heterocycles. The summed E-state index contributed by atoms with van der Waals surface area (Å²) in [5.41, 5.74) is 3.90. The number of piperazine rings is 1. The number of nitrogens with zero attached hydrogens (tertiary/aromatic N) is 2. The van der Waals surface area contributed by atoms with Gasteiger partial charge in [-0.3, -0.25) is 4.79 Å². The highest BCUT2D eigenvalue weighted by molar-refractivity contribution is 6.35. The van der Waals surface area contributed by atoms with Gasteiger partial charge in [-0.25, -0.2) is 0 Å². The minimum absolute atomic E-state index is 0.186. The van der Waals surface area contributed by atoms with E-state index in [0.29, 0.717) is 35.2 Å². The largest absolute Gasteiger partial charge is 0.492 e. The molecule has 0 atom stereocenters. The summed E-state index contributed by atoms with van der Waals surface area (Å²) in [5, 5.41) is 1.06. The summed E-state index contributed by atoms with van der Waals surface area (Å²) in [6, 6.07) is 11.5. The summed E-state index contributed by atoms with van der Waals surface area (Å²) >= 11 is 12.0. The first kappa shape index (κ1) is 20.8. The molecule has 0 saturated carbocycles. The van der Waals surface area contributed by atoms with Crippen LogP contribution in [0.1, 0.15) is 24.0 Å². The monoisotopic (exact) mass is 420 g/mol. The first-order chi connectivity index (χ1) is 13.5. The van der Waals surface area contributed by atoms with Crippen molar-refractivity contribution in [1.29, 1.82) is 0 Å². The minimum atomic E-state index is 0.186. The zero-order valence-corrected chi connectivity index (χ0v) is 17.9. The molecule has 0 bridgehead atoms. The molecule has 1 aliphatic rings. The molecule has 0 spiro atoms. The van der Waals surface area contributed by atoms with E-state index in [0.717, 1.165) is 26.2 Å². The number of carbonyl (C=O) groups excluding carboxylic acids is 1. The predicted molar refractivity (Wildman–Crippen MR) is 116 cm³/mol. The maximum Gasteiger partial charge on any atom is 0.222 e. The van der Waals surface area contributed by atoms with E-state index in [4.69, 9.17) is 27.9 Å². The molecule has 0 aliphatic carbocycles. The van der Waals surface area contributed by atoms with Crippen molar-refractivity contribution in [3.8, 4) is 5.75 Å². The Bertz CT molecular complexity index is 833. The lowest BCUT2D eigenvalue weighted by molar-refractivity contribution is -0.131. The maximum atomic E-state index is 12.5. The molecule has 3 rings (SSSR count). The lowest BCUT2D eigenvalue weighted by Crippen LogP contribution is -2.49. The van der Waals surface area contributed by atoms with E-state index in [-0.39, 0.29) is 5.91 Å². The second-order valence-corrected chi connectivity index (χ2v) is 7.96. The number of benzene rings is 2. The third-order valence-electron chi connectivity index (χ3n) is 5.24. The van der Waals surface area contributed by atoms with E-state index in [1.54, 1.807) is 18.2 Å². The first-order valence-electron chi connectivity index (χ1n) is 9.62. The van der Waals surface area contributed by atoms with E-state index >= 15 is 0 Å². The van der Waals surface area contributed by atoms with Crippen molar-refractivity contribution in [2.24, 2.45) is 0 Å². The van der Waals surface area contributed by atoms with Crippen LogP contribution < -0.4 is 9.64 Å². The molecule has 1 fully saturated rings. The summed E-state index contributed by atoms with van der Waals surface area (Å²) in [5.74, 6) is 0.784. The van der Waals surface area contributed by atoms with Crippen molar-refractivity contribution in [3.05, 3.63) is 57.6 Å². The van der Waals surface area contributed by atoms with Crippen molar-refractivity contribution in [3.63, 3.8) is 0 Å². The summed E-state index contributed by atoms with van der Waals surface area (Å²) in [6.07, 6.45) is 1.14.